The van der Waals surface area contributed by atoms with E-state index in [4.69, 9.17) is 9.16 Å². The lowest BCUT2D eigenvalue weighted by Crippen LogP contribution is -2.57. The molecule has 11 heteroatoms. The van der Waals surface area contributed by atoms with E-state index < -0.39 is 31.7 Å². The molecule has 2 aliphatic rings. The van der Waals surface area contributed by atoms with E-state index in [2.05, 4.69) is 20.8 Å². The van der Waals surface area contributed by atoms with Crippen LogP contribution in [-0.4, -0.2) is 61.0 Å². The first kappa shape index (κ1) is 25.8. The molecule has 0 aliphatic carbocycles. The average Bonchev–Trinajstić information content (AvgIpc) is 3.26. The molecule has 1 aromatic rings. The van der Waals surface area contributed by atoms with Gasteiger partial charge in [0.2, 0.25) is 11.8 Å². The monoisotopic (exact) mass is 491 g/mol. The minimum Gasteiger partial charge on any atom is -0.444 e. The first-order valence-electron chi connectivity index (χ1n) is 11.4. The lowest BCUT2D eigenvalue weighted by Gasteiger charge is -2.42. The van der Waals surface area contributed by atoms with Crippen molar-refractivity contribution in [1.29, 1.82) is 0 Å². The number of benzene rings is 1. The maximum absolute atomic E-state index is 13.4. The number of ether oxygens (including phenoxy) is 1. The fourth-order valence-corrected chi connectivity index (χ4v) is 5.89. The second kappa shape index (κ2) is 9.45. The highest BCUT2D eigenvalue weighted by molar-refractivity contribution is 6.48. The molecule has 2 heterocycles. The molecule has 2 saturated heterocycles. The van der Waals surface area contributed by atoms with Crippen LogP contribution in [0.15, 0.2) is 24.3 Å². The highest BCUT2D eigenvalue weighted by Crippen LogP contribution is 2.49. The van der Waals surface area contributed by atoms with Crippen LogP contribution in [0, 0.1) is 27.4 Å². The molecule has 2 fully saturated rings. The molecule has 10 nitrogen and oxygen atoms in total. The van der Waals surface area contributed by atoms with Gasteiger partial charge in [-0.1, -0.05) is 20.8 Å². The SMILES string of the molecule is CN1C(=O)CC([C@@]2(O[SiH](C)C)C[C@H](C(C)(C)C)CN2C(=O)OCc2ccc([N+](=O)[O-])cc2)C1=O. The summed E-state index contributed by atoms with van der Waals surface area (Å²) in [5.41, 5.74) is -0.867. The molecule has 186 valence electrons. The van der Waals surface area contributed by atoms with Crippen LogP contribution in [0.4, 0.5) is 10.5 Å². The molecule has 0 bridgehead atoms. The summed E-state index contributed by atoms with van der Waals surface area (Å²) in [5, 5.41) is 10.9. The van der Waals surface area contributed by atoms with E-state index in [1.807, 2.05) is 13.1 Å². The van der Waals surface area contributed by atoms with Crippen LogP contribution in [0.5, 0.6) is 0 Å². The molecule has 3 amide bonds. The minimum atomic E-state index is -1.77. The summed E-state index contributed by atoms with van der Waals surface area (Å²) in [4.78, 5) is 51.9. The third-order valence-electron chi connectivity index (χ3n) is 6.72. The quantitative estimate of drug-likeness (QED) is 0.259. The Morgan fingerprint density at radius 3 is 2.32 bits per heavy atom. The number of hydrogen-bond donors (Lipinski definition) is 0. The van der Waals surface area contributed by atoms with Crippen LogP contribution in [0.3, 0.4) is 0 Å². The molecule has 0 aromatic heterocycles. The number of nitro benzene ring substituents is 1. The topological polar surface area (TPSA) is 119 Å². The smallest absolute Gasteiger partial charge is 0.412 e. The van der Waals surface area contributed by atoms with E-state index in [9.17, 15) is 24.5 Å². The number of likely N-dealkylation sites (tertiary alicyclic amines) is 2. The Morgan fingerprint density at radius 1 is 1.24 bits per heavy atom. The summed E-state index contributed by atoms with van der Waals surface area (Å²) in [5.74, 6) is -1.40. The molecular weight excluding hydrogens is 458 g/mol. The van der Waals surface area contributed by atoms with E-state index >= 15 is 0 Å². The van der Waals surface area contributed by atoms with E-state index in [-0.39, 0.29) is 41.9 Å². The molecule has 1 unspecified atom stereocenters. The second-order valence-electron chi connectivity index (χ2n) is 10.4. The number of non-ortho nitro benzene ring substituents is 1. The van der Waals surface area contributed by atoms with Gasteiger partial charge in [-0.15, -0.1) is 0 Å². The number of carbonyl (C=O) groups is 3. The summed E-state index contributed by atoms with van der Waals surface area (Å²) in [6.45, 7) is 10.4. The van der Waals surface area contributed by atoms with Crippen molar-refractivity contribution < 1.29 is 28.5 Å². The standard InChI is InChI=1S/C23H33N3O7Si/c1-22(2,3)16-12-23(33-34(5)6,18-11-19(27)24(4)20(18)28)25(13-16)21(29)32-14-15-7-9-17(10-8-15)26(30)31/h7-10,16,18,34H,11-14H2,1-6H3/t16-,18?,23-/m0/s1. The first-order chi connectivity index (χ1) is 15.8. The van der Waals surface area contributed by atoms with Gasteiger partial charge in [0.1, 0.15) is 12.3 Å². The summed E-state index contributed by atoms with van der Waals surface area (Å²) < 4.78 is 12.1. The normalized spacial score (nSPS) is 25.4. The fraction of sp³-hybridized carbons (Fsp3) is 0.609. The van der Waals surface area contributed by atoms with Crippen molar-refractivity contribution in [3.05, 3.63) is 39.9 Å². The molecule has 0 N–H and O–H groups in total. The Morgan fingerprint density at radius 2 is 1.85 bits per heavy atom. The molecule has 3 rings (SSSR count). The zero-order valence-electron chi connectivity index (χ0n) is 20.6. The Bertz CT molecular complexity index is 976. The van der Waals surface area contributed by atoms with Crippen LogP contribution in [0.25, 0.3) is 0 Å². The van der Waals surface area contributed by atoms with Gasteiger partial charge in [0, 0.05) is 38.6 Å². The van der Waals surface area contributed by atoms with Crippen molar-refractivity contribution in [2.75, 3.05) is 13.6 Å². The molecular formula is C23H33N3O7Si. The van der Waals surface area contributed by atoms with E-state index in [0.29, 0.717) is 18.5 Å². The zero-order valence-corrected chi connectivity index (χ0v) is 21.7. The third kappa shape index (κ3) is 5.00. The van der Waals surface area contributed by atoms with Gasteiger partial charge < -0.3 is 9.16 Å². The number of nitrogens with zero attached hydrogens (tertiary/aromatic N) is 3. The van der Waals surface area contributed by atoms with E-state index in [1.165, 1.54) is 36.2 Å². The molecule has 1 aromatic carbocycles. The number of nitro groups is 1. The second-order valence-corrected chi connectivity index (χ2v) is 12.7. The Balaban J connectivity index is 1.91. The molecule has 0 radical (unpaired) electrons. The van der Waals surface area contributed by atoms with Gasteiger partial charge in [0.15, 0.2) is 9.04 Å². The largest absolute Gasteiger partial charge is 0.444 e. The summed E-state index contributed by atoms with van der Waals surface area (Å²) in [7, 11) is -0.309. The van der Waals surface area contributed by atoms with Crippen LogP contribution in [0.1, 0.15) is 39.2 Å². The number of hydrogen-bond acceptors (Lipinski definition) is 7. The van der Waals surface area contributed by atoms with Crippen LogP contribution >= 0.6 is 0 Å². The van der Waals surface area contributed by atoms with Crippen molar-refractivity contribution in [1.82, 2.24) is 9.80 Å². The van der Waals surface area contributed by atoms with E-state index in [1.54, 1.807) is 0 Å². The number of imide groups is 1. The van der Waals surface area contributed by atoms with Crippen molar-refractivity contribution in [3.8, 4) is 0 Å². The predicted octanol–water partition coefficient (Wildman–Crippen LogP) is 3.30. The number of amides is 3. The van der Waals surface area contributed by atoms with Crippen LogP contribution in [0.2, 0.25) is 13.1 Å². The third-order valence-corrected chi connectivity index (χ3v) is 7.60. The summed E-state index contributed by atoms with van der Waals surface area (Å²) in [6, 6.07) is 5.77. The Kier molecular flexibility index (Phi) is 7.18. The van der Waals surface area contributed by atoms with Gasteiger partial charge in [0.25, 0.3) is 5.69 Å². The van der Waals surface area contributed by atoms with Gasteiger partial charge in [-0.3, -0.25) is 29.5 Å². The fourth-order valence-electron chi connectivity index (χ4n) is 4.69. The van der Waals surface area contributed by atoms with Crippen LogP contribution < -0.4 is 0 Å². The van der Waals surface area contributed by atoms with Crippen molar-refractivity contribution in [3.63, 3.8) is 0 Å². The van der Waals surface area contributed by atoms with Gasteiger partial charge in [-0.2, -0.15) is 0 Å². The zero-order chi connectivity index (χ0) is 25.4. The number of carbonyl (C=O) groups excluding carboxylic acids is 3. The van der Waals surface area contributed by atoms with E-state index in [0.717, 1.165) is 4.90 Å². The van der Waals surface area contributed by atoms with Gasteiger partial charge >= 0.3 is 6.09 Å². The molecule has 3 atom stereocenters. The maximum Gasteiger partial charge on any atom is 0.412 e. The van der Waals surface area contributed by atoms with Crippen molar-refractivity contribution in [2.24, 2.45) is 17.3 Å². The van der Waals surface area contributed by atoms with Gasteiger partial charge in [-0.25, -0.2) is 4.79 Å². The molecule has 0 spiro atoms. The lowest BCUT2D eigenvalue weighted by atomic mass is 9.77. The van der Waals surface area contributed by atoms with Crippen LogP contribution in [-0.2, 0) is 25.4 Å². The highest BCUT2D eigenvalue weighted by atomic mass is 28.3. The Labute approximate surface area is 201 Å². The summed E-state index contributed by atoms with van der Waals surface area (Å²) in [6.07, 6.45) is -0.208. The molecule has 0 saturated carbocycles. The van der Waals surface area contributed by atoms with Crippen molar-refractivity contribution in [2.45, 2.75) is 59.0 Å². The number of rotatable bonds is 6. The Hall–Kier alpha value is -2.79. The van der Waals surface area contributed by atoms with Gasteiger partial charge in [0.05, 0.1) is 10.8 Å². The molecule has 2 aliphatic heterocycles. The predicted molar refractivity (Wildman–Crippen MR) is 126 cm³/mol. The molecule has 34 heavy (non-hydrogen) atoms. The maximum atomic E-state index is 13.4. The lowest BCUT2D eigenvalue weighted by molar-refractivity contribution is -0.384. The van der Waals surface area contributed by atoms with Gasteiger partial charge in [-0.05, 0) is 42.1 Å². The highest BCUT2D eigenvalue weighted by Gasteiger charge is 2.61. The first-order valence-corrected chi connectivity index (χ1v) is 14.2. The van der Waals surface area contributed by atoms with Crippen molar-refractivity contribution >= 4 is 32.6 Å². The summed E-state index contributed by atoms with van der Waals surface area (Å²) >= 11 is 0. The minimum absolute atomic E-state index is 0.0144. The average molecular weight is 492 g/mol.